The summed E-state index contributed by atoms with van der Waals surface area (Å²) in [5.41, 5.74) is 8.34. The van der Waals surface area contributed by atoms with Crippen LogP contribution in [0.15, 0.2) is 54.9 Å². The van der Waals surface area contributed by atoms with Gasteiger partial charge in [0.2, 0.25) is 5.95 Å². The zero-order chi connectivity index (χ0) is 25.3. The topological polar surface area (TPSA) is 150 Å². The third kappa shape index (κ3) is 6.74. The van der Waals surface area contributed by atoms with Gasteiger partial charge in [-0.1, -0.05) is 6.07 Å². The molecule has 0 aliphatic carbocycles. The number of aliphatic carboxylic acids is 1. The zero-order valence-electron chi connectivity index (χ0n) is 19.9. The van der Waals surface area contributed by atoms with Crippen LogP contribution in [-0.4, -0.2) is 87.5 Å². The van der Waals surface area contributed by atoms with Crippen molar-refractivity contribution in [2.24, 2.45) is 5.73 Å². The quantitative estimate of drug-likeness (QED) is 0.310. The van der Waals surface area contributed by atoms with Crippen LogP contribution >= 0.6 is 0 Å². The lowest BCUT2D eigenvalue weighted by atomic mass is 10.1. The molecule has 0 saturated carbocycles. The highest BCUT2D eigenvalue weighted by Gasteiger charge is 2.23. The number of aromatic nitrogens is 3. The molecule has 1 aliphatic rings. The van der Waals surface area contributed by atoms with Crippen molar-refractivity contribution in [3.63, 3.8) is 0 Å². The second-order valence-corrected chi connectivity index (χ2v) is 8.43. The lowest BCUT2D eigenvalue weighted by molar-refractivity contribution is -0.138. The van der Waals surface area contributed by atoms with Gasteiger partial charge in [-0.05, 0) is 49.4 Å². The molecule has 2 aromatic heterocycles. The number of benzene rings is 1. The van der Waals surface area contributed by atoms with Gasteiger partial charge in [0.1, 0.15) is 5.82 Å². The van der Waals surface area contributed by atoms with Gasteiger partial charge in [0, 0.05) is 61.9 Å². The van der Waals surface area contributed by atoms with Gasteiger partial charge in [0.15, 0.2) is 0 Å². The summed E-state index contributed by atoms with van der Waals surface area (Å²) in [5, 5.41) is 15.3. The molecule has 1 fully saturated rings. The summed E-state index contributed by atoms with van der Waals surface area (Å²) in [6, 6.07) is 12.8. The number of carboxylic acids is 1. The zero-order valence-corrected chi connectivity index (χ0v) is 19.9. The lowest BCUT2D eigenvalue weighted by Crippen LogP contribution is -2.49. The first-order chi connectivity index (χ1) is 17.5. The number of carbonyl (C=O) groups is 2. The van der Waals surface area contributed by atoms with Crippen LogP contribution in [0.1, 0.15) is 16.8 Å². The van der Waals surface area contributed by atoms with E-state index in [9.17, 15) is 9.59 Å². The largest absolute Gasteiger partial charge is 0.480 e. The van der Waals surface area contributed by atoms with Crippen molar-refractivity contribution >= 4 is 29.3 Å². The fourth-order valence-electron chi connectivity index (χ4n) is 3.89. The maximum atomic E-state index is 13.0. The van der Waals surface area contributed by atoms with Crippen LogP contribution in [0.5, 0.6) is 0 Å². The predicted octanol–water partition coefficient (Wildman–Crippen LogP) is 1.89. The smallest absolute Gasteiger partial charge is 0.317 e. The van der Waals surface area contributed by atoms with Gasteiger partial charge in [-0.25, -0.2) is 15.0 Å². The Morgan fingerprint density at radius 3 is 2.61 bits per heavy atom. The van der Waals surface area contributed by atoms with Gasteiger partial charge in [0.05, 0.1) is 12.2 Å². The molecule has 1 amide bonds. The normalized spacial score (nSPS) is 13.9. The standard InChI is InChI=1S/C25H30N8O3/c26-8-2-9-27-22-6-5-19(16-29-22)21-7-10-28-25(31-21)30-20-4-1-3-18(15-20)24(36)33-13-11-32(12-14-33)17-23(34)35/h1,3-7,10,15-16H,2,8-9,11-14,17,26H2,(H,27,29)(H,34,35)(H,28,30,31). The molecule has 5 N–H and O–H groups in total. The summed E-state index contributed by atoms with van der Waals surface area (Å²) < 4.78 is 0. The number of nitrogens with one attached hydrogen (secondary N) is 2. The van der Waals surface area contributed by atoms with E-state index in [1.165, 1.54) is 0 Å². The number of carbonyl (C=O) groups excluding carboxylic acids is 1. The highest BCUT2D eigenvalue weighted by Crippen LogP contribution is 2.21. The molecule has 3 heterocycles. The van der Waals surface area contributed by atoms with Crippen LogP contribution < -0.4 is 16.4 Å². The van der Waals surface area contributed by atoms with E-state index in [0.717, 1.165) is 30.0 Å². The molecule has 0 spiro atoms. The Bertz CT molecular complexity index is 1180. The minimum absolute atomic E-state index is 0.00755. The Morgan fingerprint density at radius 1 is 1.06 bits per heavy atom. The van der Waals surface area contributed by atoms with Crippen molar-refractivity contribution in [1.82, 2.24) is 24.8 Å². The number of anilines is 3. The number of nitrogens with zero attached hydrogens (tertiary/aromatic N) is 5. The number of pyridine rings is 1. The first-order valence-electron chi connectivity index (χ1n) is 11.9. The van der Waals surface area contributed by atoms with Gasteiger partial charge in [-0.3, -0.25) is 14.5 Å². The lowest BCUT2D eigenvalue weighted by Gasteiger charge is -2.33. The molecular weight excluding hydrogens is 460 g/mol. The van der Waals surface area contributed by atoms with E-state index >= 15 is 0 Å². The molecule has 4 rings (SSSR count). The Morgan fingerprint density at radius 2 is 1.89 bits per heavy atom. The third-order valence-electron chi connectivity index (χ3n) is 5.79. The van der Waals surface area contributed by atoms with Crippen LogP contribution in [-0.2, 0) is 4.79 Å². The number of hydrogen-bond acceptors (Lipinski definition) is 9. The number of rotatable bonds is 10. The Balaban J connectivity index is 1.39. The van der Waals surface area contributed by atoms with Crippen LogP contribution in [0, 0.1) is 0 Å². The molecule has 0 radical (unpaired) electrons. The van der Waals surface area contributed by atoms with E-state index in [1.54, 1.807) is 35.5 Å². The van der Waals surface area contributed by atoms with Gasteiger partial charge >= 0.3 is 5.97 Å². The minimum atomic E-state index is -0.858. The Kier molecular flexibility index (Phi) is 8.37. The summed E-state index contributed by atoms with van der Waals surface area (Å²) in [5.74, 6) is 0.242. The van der Waals surface area contributed by atoms with Crippen molar-refractivity contribution in [3.05, 3.63) is 60.4 Å². The van der Waals surface area contributed by atoms with E-state index in [4.69, 9.17) is 10.8 Å². The molecular formula is C25H30N8O3. The monoisotopic (exact) mass is 490 g/mol. The van der Waals surface area contributed by atoms with Gasteiger partial charge in [-0.2, -0.15) is 0 Å². The molecule has 11 nitrogen and oxygen atoms in total. The van der Waals surface area contributed by atoms with E-state index in [-0.39, 0.29) is 12.5 Å². The first kappa shape index (κ1) is 25.0. The third-order valence-corrected chi connectivity index (χ3v) is 5.79. The summed E-state index contributed by atoms with van der Waals surface area (Å²) in [6.07, 6.45) is 4.30. The van der Waals surface area contributed by atoms with Crippen molar-refractivity contribution in [1.29, 1.82) is 0 Å². The van der Waals surface area contributed by atoms with Gasteiger partial charge in [0.25, 0.3) is 5.91 Å². The van der Waals surface area contributed by atoms with E-state index in [2.05, 4.69) is 25.6 Å². The Labute approximate surface area is 209 Å². The fraction of sp³-hybridized carbons (Fsp3) is 0.320. The van der Waals surface area contributed by atoms with E-state index in [1.807, 2.05) is 29.2 Å². The number of carboxylic acid groups (broad SMARTS) is 1. The van der Waals surface area contributed by atoms with Gasteiger partial charge < -0.3 is 26.4 Å². The van der Waals surface area contributed by atoms with Crippen LogP contribution in [0.3, 0.4) is 0 Å². The first-order valence-corrected chi connectivity index (χ1v) is 11.9. The molecule has 11 heteroatoms. The van der Waals surface area contributed by atoms with Crippen molar-refractivity contribution in [2.45, 2.75) is 6.42 Å². The SMILES string of the molecule is NCCCNc1ccc(-c2ccnc(Nc3cccc(C(=O)N4CCN(CC(=O)O)CC4)c3)n2)cn1. The van der Waals surface area contributed by atoms with Crippen molar-refractivity contribution in [2.75, 3.05) is 56.4 Å². The van der Waals surface area contributed by atoms with Crippen LogP contribution in [0.25, 0.3) is 11.3 Å². The number of amides is 1. The Hall–Kier alpha value is -4.09. The maximum Gasteiger partial charge on any atom is 0.317 e. The summed E-state index contributed by atoms with van der Waals surface area (Å²) in [7, 11) is 0. The van der Waals surface area contributed by atoms with E-state index in [0.29, 0.717) is 49.9 Å². The van der Waals surface area contributed by atoms with Crippen LogP contribution in [0.4, 0.5) is 17.5 Å². The average molecular weight is 491 g/mol. The molecule has 1 aliphatic heterocycles. The minimum Gasteiger partial charge on any atom is -0.480 e. The molecule has 0 unspecified atom stereocenters. The number of piperazine rings is 1. The number of nitrogens with two attached hydrogens (primary N) is 1. The summed E-state index contributed by atoms with van der Waals surface area (Å²) in [4.78, 5) is 40.8. The van der Waals surface area contributed by atoms with Crippen LogP contribution in [0.2, 0.25) is 0 Å². The van der Waals surface area contributed by atoms with Crippen molar-refractivity contribution in [3.8, 4) is 11.3 Å². The van der Waals surface area contributed by atoms with Gasteiger partial charge in [-0.15, -0.1) is 0 Å². The molecule has 3 aromatic rings. The second kappa shape index (κ2) is 12.0. The summed E-state index contributed by atoms with van der Waals surface area (Å²) in [6.45, 7) is 3.45. The summed E-state index contributed by atoms with van der Waals surface area (Å²) >= 11 is 0. The molecule has 36 heavy (non-hydrogen) atoms. The molecule has 0 atom stereocenters. The second-order valence-electron chi connectivity index (χ2n) is 8.43. The average Bonchev–Trinajstić information content (AvgIpc) is 2.89. The van der Waals surface area contributed by atoms with E-state index < -0.39 is 5.97 Å². The molecule has 188 valence electrons. The molecule has 1 saturated heterocycles. The maximum absolute atomic E-state index is 13.0. The highest BCUT2D eigenvalue weighted by molar-refractivity contribution is 5.95. The molecule has 1 aromatic carbocycles. The predicted molar refractivity (Wildman–Crippen MR) is 137 cm³/mol. The number of hydrogen-bond donors (Lipinski definition) is 4. The fourth-order valence-corrected chi connectivity index (χ4v) is 3.89. The molecule has 0 bridgehead atoms. The van der Waals surface area contributed by atoms with Crippen molar-refractivity contribution < 1.29 is 14.7 Å². The highest BCUT2D eigenvalue weighted by atomic mass is 16.4.